The van der Waals surface area contributed by atoms with Crippen molar-refractivity contribution < 1.29 is 19.1 Å². The Morgan fingerprint density at radius 3 is 1.83 bits per heavy atom. The first-order valence-corrected chi connectivity index (χ1v) is 7.70. The molecule has 1 heterocycles. The van der Waals surface area contributed by atoms with E-state index in [1.165, 1.54) is 14.2 Å². The minimum atomic E-state index is -0.605. The number of carbonyl (C=O) groups is 2. The summed E-state index contributed by atoms with van der Waals surface area (Å²) in [4.78, 5) is 28.8. The molecule has 0 radical (unpaired) electrons. The molecule has 0 amide bonds. The SMILES string of the molecule is COC(=O)c1c(C)nc(C)c(C(=O)OC)c1-c1ccc(Cl)c(Cl)c1. The monoisotopic (exact) mass is 367 g/mol. The van der Waals surface area contributed by atoms with Crippen LogP contribution in [0.15, 0.2) is 18.2 Å². The predicted octanol–water partition coefficient (Wildman–Crippen LogP) is 4.25. The fourth-order valence-corrected chi connectivity index (χ4v) is 2.79. The summed E-state index contributed by atoms with van der Waals surface area (Å²) in [6.07, 6.45) is 0. The molecule has 1 aromatic heterocycles. The summed E-state index contributed by atoms with van der Waals surface area (Å²) < 4.78 is 9.70. The lowest BCUT2D eigenvalue weighted by Gasteiger charge is -2.17. The lowest BCUT2D eigenvalue weighted by Crippen LogP contribution is -2.16. The Balaban J connectivity index is 2.94. The molecule has 1 aromatic carbocycles. The standard InChI is InChI=1S/C17H15Cl2NO4/c1-8-13(16(21)23-3)15(10-5-6-11(18)12(19)7-10)14(9(2)20-8)17(22)24-4/h5-7H,1-4H3. The molecule has 0 saturated carbocycles. The summed E-state index contributed by atoms with van der Waals surface area (Å²) >= 11 is 12.1. The third-order valence-corrected chi connectivity index (χ3v) is 4.29. The van der Waals surface area contributed by atoms with E-state index in [9.17, 15) is 9.59 Å². The second-order valence-electron chi connectivity index (χ2n) is 5.02. The largest absolute Gasteiger partial charge is 0.465 e. The maximum absolute atomic E-state index is 12.3. The van der Waals surface area contributed by atoms with Gasteiger partial charge in [-0.15, -0.1) is 0 Å². The van der Waals surface area contributed by atoms with Gasteiger partial charge in [0.05, 0.1) is 46.8 Å². The topological polar surface area (TPSA) is 65.5 Å². The van der Waals surface area contributed by atoms with E-state index in [4.69, 9.17) is 32.7 Å². The van der Waals surface area contributed by atoms with Crippen LogP contribution in [0, 0.1) is 13.8 Å². The molecule has 0 fully saturated rings. The van der Waals surface area contributed by atoms with Crippen molar-refractivity contribution in [2.45, 2.75) is 13.8 Å². The molecular formula is C17H15Cl2NO4. The molecule has 0 aliphatic rings. The fraction of sp³-hybridized carbons (Fsp3) is 0.235. The van der Waals surface area contributed by atoms with Crippen molar-refractivity contribution in [2.24, 2.45) is 0 Å². The van der Waals surface area contributed by atoms with Crippen molar-refractivity contribution in [3.8, 4) is 11.1 Å². The summed E-state index contributed by atoms with van der Waals surface area (Å²) in [5.74, 6) is -1.21. The molecular weight excluding hydrogens is 353 g/mol. The van der Waals surface area contributed by atoms with Gasteiger partial charge in [-0.3, -0.25) is 4.98 Å². The Hall–Kier alpha value is -2.11. The molecule has 0 spiro atoms. The maximum Gasteiger partial charge on any atom is 0.340 e. The number of pyridine rings is 1. The Labute approximate surface area is 149 Å². The molecule has 0 aliphatic heterocycles. The number of benzene rings is 1. The van der Waals surface area contributed by atoms with E-state index in [1.54, 1.807) is 32.0 Å². The van der Waals surface area contributed by atoms with Gasteiger partial charge < -0.3 is 9.47 Å². The third-order valence-electron chi connectivity index (χ3n) is 3.55. The number of methoxy groups -OCH3 is 2. The van der Waals surface area contributed by atoms with Gasteiger partial charge in [0.25, 0.3) is 0 Å². The highest BCUT2D eigenvalue weighted by molar-refractivity contribution is 6.42. The van der Waals surface area contributed by atoms with Gasteiger partial charge in [-0.2, -0.15) is 0 Å². The van der Waals surface area contributed by atoms with Gasteiger partial charge in [-0.05, 0) is 31.5 Å². The van der Waals surface area contributed by atoms with Crippen LogP contribution < -0.4 is 0 Å². The molecule has 5 nitrogen and oxygen atoms in total. The zero-order chi connectivity index (χ0) is 18.0. The minimum Gasteiger partial charge on any atom is -0.465 e. The number of ether oxygens (including phenoxy) is 2. The zero-order valence-corrected chi connectivity index (χ0v) is 15.1. The van der Waals surface area contributed by atoms with Gasteiger partial charge in [-0.1, -0.05) is 29.3 Å². The molecule has 0 unspecified atom stereocenters. The second-order valence-corrected chi connectivity index (χ2v) is 5.83. The highest BCUT2D eigenvalue weighted by Crippen LogP contribution is 2.35. The highest BCUT2D eigenvalue weighted by Gasteiger charge is 2.27. The zero-order valence-electron chi connectivity index (χ0n) is 13.6. The summed E-state index contributed by atoms with van der Waals surface area (Å²) in [5.41, 5.74) is 2.14. The Kier molecular flexibility index (Phi) is 5.47. The van der Waals surface area contributed by atoms with Crippen LogP contribution in [0.1, 0.15) is 32.1 Å². The van der Waals surface area contributed by atoms with Crippen molar-refractivity contribution in [1.29, 1.82) is 0 Å². The van der Waals surface area contributed by atoms with Crippen LogP contribution in [-0.2, 0) is 9.47 Å². The van der Waals surface area contributed by atoms with Gasteiger partial charge in [0.15, 0.2) is 0 Å². The number of aryl methyl sites for hydroxylation is 2. The lowest BCUT2D eigenvalue weighted by molar-refractivity contribution is 0.0599. The highest BCUT2D eigenvalue weighted by atomic mass is 35.5. The van der Waals surface area contributed by atoms with Gasteiger partial charge in [-0.25, -0.2) is 9.59 Å². The smallest absolute Gasteiger partial charge is 0.340 e. The van der Waals surface area contributed by atoms with Crippen molar-refractivity contribution in [3.63, 3.8) is 0 Å². The predicted molar refractivity (Wildman–Crippen MR) is 91.8 cm³/mol. The van der Waals surface area contributed by atoms with Crippen LogP contribution in [0.25, 0.3) is 11.1 Å². The molecule has 0 saturated heterocycles. The number of hydrogen-bond acceptors (Lipinski definition) is 5. The Bertz CT molecular complexity index is 794. The number of hydrogen-bond donors (Lipinski definition) is 0. The molecule has 0 N–H and O–H groups in total. The maximum atomic E-state index is 12.3. The van der Waals surface area contributed by atoms with E-state index in [-0.39, 0.29) is 11.1 Å². The molecule has 0 bridgehead atoms. The van der Waals surface area contributed by atoms with Crippen LogP contribution in [0.5, 0.6) is 0 Å². The van der Waals surface area contributed by atoms with Gasteiger partial charge in [0.1, 0.15) is 0 Å². The van der Waals surface area contributed by atoms with E-state index in [2.05, 4.69) is 4.98 Å². The molecule has 2 rings (SSSR count). The van der Waals surface area contributed by atoms with Crippen molar-refractivity contribution in [1.82, 2.24) is 4.98 Å². The van der Waals surface area contributed by atoms with Crippen molar-refractivity contribution in [3.05, 3.63) is 50.8 Å². The molecule has 126 valence electrons. The van der Waals surface area contributed by atoms with E-state index < -0.39 is 11.9 Å². The summed E-state index contributed by atoms with van der Waals surface area (Å²) in [6.45, 7) is 3.34. The number of halogens is 2. The fourth-order valence-electron chi connectivity index (χ4n) is 2.49. The van der Waals surface area contributed by atoms with E-state index in [1.807, 2.05) is 0 Å². The summed E-state index contributed by atoms with van der Waals surface area (Å²) in [7, 11) is 2.52. The molecule has 24 heavy (non-hydrogen) atoms. The summed E-state index contributed by atoms with van der Waals surface area (Å²) in [5, 5.41) is 0.662. The van der Waals surface area contributed by atoms with Crippen LogP contribution in [-0.4, -0.2) is 31.1 Å². The average molecular weight is 368 g/mol. The van der Waals surface area contributed by atoms with E-state index in [0.29, 0.717) is 32.6 Å². The van der Waals surface area contributed by atoms with E-state index >= 15 is 0 Å². The van der Waals surface area contributed by atoms with Crippen LogP contribution in [0.3, 0.4) is 0 Å². The Morgan fingerprint density at radius 2 is 1.42 bits per heavy atom. The Morgan fingerprint density at radius 1 is 0.917 bits per heavy atom. The summed E-state index contributed by atoms with van der Waals surface area (Å²) in [6, 6.07) is 4.84. The van der Waals surface area contributed by atoms with Crippen LogP contribution in [0.2, 0.25) is 10.0 Å². The number of rotatable bonds is 3. The first kappa shape index (κ1) is 18.2. The van der Waals surface area contributed by atoms with Gasteiger partial charge >= 0.3 is 11.9 Å². The first-order chi connectivity index (χ1) is 11.3. The normalized spacial score (nSPS) is 10.4. The molecule has 0 aliphatic carbocycles. The third kappa shape index (κ3) is 3.23. The van der Waals surface area contributed by atoms with Crippen LogP contribution >= 0.6 is 23.2 Å². The minimum absolute atomic E-state index is 0.182. The number of aromatic nitrogens is 1. The first-order valence-electron chi connectivity index (χ1n) is 6.95. The molecule has 0 atom stereocenters. The number of carbonyl (C=O) groups excluding carboxylic acids is 2. The second kappa shape index (κ2) is 7.20. The van der Waals surface area contributed by atoms with Crippen LogP contribution in [0.4, 0.5) is 0 Å². The van der Waals surface area contributed by atoms with E-state index in [0.717, 1.165) is 0 Å². The molecule has 2 aromatic rings. The van der Waals surface area contributed by atoms with Crippen molar-refractivity contribution >= 4 is 35.1 Å². The molecule has 7 heteroatoms. The lowest BCUT2D eigenvalue weighted by atomic mass is 9.92. The van der Waals surface area contributed by atoms with Crippen molar-refractivity contribution in [2.75, 3.05) is 14.2 Å². The van der Waals surface area contributed by atoms with Gasteiger partial charge in [0.2, 0.25) is 0 Å². The average Bonchev–Trinajstić information content (AvgIpc) is 2.55. The number of esters is 2. The quantitative estimate of drug-likeness (QED) is 0.758. The van der Waals surface area contributed by atoms with Gasteiger partial charge in [0, 0.05) is 5.56 Å². The number of nitrogens with zero attached hydrogens (tertiary/aromatic N) is 1.